The molecular weight excluding hydrogens is 770 g/mol. The fraction of sp³-hybridized carbons (Fsp3) is 0.636. The summed E-state index contributed by atoms with van der Waals surface area (Å²) in [4.78, 5) is 41.0. The summed E-state index contributed by atoms with van der Waals surface area (Å²) in [5.41, 5.74) is 8.19. The van der Waals surface area contributed by atoms with E-state index < -0.39 is 12.0 Å². The zero-order chi connectivity index (χ0) is 28.5. The van der Waals surface area contributed by atoms with Crippen LogP contribution >= 0.6 is 0 Å². The van der Waals surface area contributed by atoms with Gasteiger partial charge in [0.2, 0.25) is 0 Å². The van der Waals surface area contributed by atoms with Gasteiger partial charge in [-0.05, 0) is 92.2 Å². The summed E-state index contributed by atoms with van der Waals surface area (Å²) in [6, 6.07) is 4.80. The molecule has 3 fully saturated rings. The Morgan fingerprint density at radius 3 is 2.58 bits per heavy atom. The molecule has 0 aromatic carbocycles. The van der Waals surface area contributed by atoms with Crippen molar-refractivity contribution in [3.05, 3.63) is 53.9 Å². The van der Waals surface area contributed by atoms with Gasteiger partial charge >= 0.3 is 33.0 Å². The number of nitrogens with two attached hydrogens (primary N) is 1. The summed E-state index contributed by atoms with van der Waals surface area (Å²) in [7, 11) is 0. The SMILES string of the molecule is CC(=O)O[C@H]1CCC2C3C(CC[C@@]21C)[C@@]1(C)CCC(=O)C=C1C[C@H]3C/C=C/COC(=O)[C@@H](N)Cc1ccccn1.[Cl-].[Cl-].[Pt+2]. The average molecular weight is 815 g/mol. The molecule has 5 rings (SSSR count). The topological polar surface area (TPSA) is 109 Å². The van der Waals surface area contributed by atoms with Crippen molar-refractivity contribution in [3.63, 3.8) is 0 Å². The molecule has 1 aromatic rings. The first-order valence-electron chi connectivity index (χ1n) is 15.0. The van der Waals surface area contributed by atoms with Crippen LogP contribution < -0.4 is 30.5 Å². The maximum Gasteiger partial charge on any atom is 2.00 e. The van der Waals surface area contributed by atoms with Crippen molar-refractivity contribution in [2.75, 3.05) is 6.61 Å². The minimum Gasteiger partial charge on any atom is -1.00 e. The van der Waals surface area contributed by atoms with Crippen molar-refractivity contribution in [3.8, 4) is 0 Å². The van der Waals surface area contributed by atoms with Crippen LogP contribution in [0.1, 0.15) is 77.8 Å². The number of aromatic nitrogens is 1. The van der Waals surface area contributed by atoms with E-state index in [-0.39, 0.29) is 81.2 Å². The summed E-state index contributed by atoms with van der Waals surface area (Å²) < 4.78 is 11.3. The number of esters is 2. The molecule has 240 valence electrons. The number of fused-ring (bicyclic) bond motifs is 5. The number of ketones is 1. The summed E-state index contributed by atoms with van der Waals surface area (Å²) in [5, 5.41) is 0. The first kappa shape index (κ1) is 37.7. The van der Waals surface area contributed by atoms with Gasteiger partial charge in [0.05, 0.1) is 0 Å². The maximum absolute atomic E-state index is 12.4. The van der Waals surface area contributed by atoms with Gasteiger partial charge in [0.25, 0.3) is 0 Å². The van der Waals surface area contributed by atoms with Gasteiger partial charge in [-0.2, -0.15) is 0 Å². The van der Waals surface area contributed by atoms with Crippen LogP contribution in [-0.4, -0.2) is 41.5 Å². The standard InChI is InChI=1S/C33H44N2O5.2ClH.Pt/c1-21(36)40-29-11-10-26-30-22(8-5-7-17-39-31(38)28(34)20-24-9-4-6-16-35-24)18-23-19-25(37)12-14-32(23,2)27(30)13-15-33(26,29)3;;;/h4-7,9,16,19,22,26-30H,8,10-15,17-18,20,34H2,1-3H3;2*1H;/q;;;+2/p-2/b7-5+;;;/t22-,26?,27?,28+,29+,30?,32+,33+;;;/m1.../s1. The molecule has 0 spiro atoms. The Bertz CT molecular complexity index is 1200. The Hall–Kier alpha value is -1.53. The van der Waals surface area contributed by atoms with E-state index in [1.165, 1.54) is 12.5 Å². The summed E-state index contributed by atoms with van der Waals surface area (Å²) in [6.45, 7) is 6.44. The predicted molar refractivity (Wildman–Crippen MR) is 152 cm³/mol. The summed E-state index contributed by atoms with van der Waals surface area (Å²) >= 11 is 0. The first-order chi connectivity index (χ1) is 19.1. The number of ether oxygens (including phenoxy) is 2. The molecule has 2 N–H and O–H groups in total. The minimum atomic E-state index is -0.747. The molecule has 4 aliphatic carbocycles. The number of allylic oxidation sites excluding steroid dienone is 2. The second-order valence-electron chi connectivity index (χ2n) is 13.0. The monoisotopic (exact) mass is 813 g/mol. The molecule has 7 nitrogen and oxygen atoms in total. The van der Waals surface area contributed by atoms with E-state index in [0.717, 1.165) is 50.6 Å². The van der Waals surface area contributed by atoms with Crippen molar-refractivity contribution in [2.24, 2.45) is 40.2 Å². The smallest absolute Gasteiger partial charge is 1.00 e. The maximum atomic E-state index is 12.4. The van der Waals surface area contributed by atoms with Crippen molar-refractivity contribution < 1.29 is 69.7 Å². The molecule has 3 saturated carbocycles. The van der Waals surface area contributed by atoms with Gasteiger partial charge in [-0.1, -0.05) is 37.6 Å². The largest absolute Gasteiger partial charge is 2.00 e. The predicted octanol–water partition coefficient (Wildman–Crippen LogP) is -0.864. The van der Waals surface area contributed by atoms with E-state index in [2.05, 4.69) is 24.9 Å². The van der Waals surface area contributed by atoms with Crippen molar-refractivity contribution in [1.82, 2.24) is 4.98 Å². The number of pyridine rings is 1. The molecule has 0 saturated heterocycles. The zero-order valence-corrected chi connectivity index (χ0v) is 29.0. The molecule has 43 heavy (non-hydrogen) atoms. The number of hydrogen-bond donors (Lipinski definition) is 1. The minimum absolute atomic E-state index is 0. The van der Waals surface area contributed by atoms with Crippen LogP contribution in [0, 0.1) is 34.5 Å². The van der Waals surface area contributed by atoms with Gasteiger partial charge in [-0.25, -0.2) is 0 Å². The molecule has 0 amide bonds. The van der Waals surface area contributed by atoms with Crippen LogP contribution in [0.2, 0.25) is 0 Å². The molecule has 1 aromatic heterocycles. The average Bonchev–Trinajstić information content (AvgIpc) is 3.25. The van der Waals surface area contributed by atoms with E-state index >= 15 is 0 Å². The number of carbonyl (C=O) groups excluding carboxylic acids is 3. The van der Waals surface area contributed by atoms with Gasteiger partial charge in [0.1, 0.15) is 18.8 Å². The fourth-order valence-corrected chi connectivity index (χ4v) is 8.69. The Morgan fingerprint density at radius 2 is 1.88 bits per heavy atom. The Labute approximate surface area is 282 Å². The van der Waals surface area contributed by atoms with E-state index in [1.807, 2.05) is 30.4 Å². The fourth-order valence-electron chi connectivity index (χ4n) is 8.69. The van der Waals surface area contributed by atoms with Gasteiger partial charge in [-0.15, -0.1) is 0 Å². The molecule has 0 aliphatic heterocycles. The summed E-state index contributed by atoms with van der Waals surface area (Å²) in [5.74, 6) is 1.56. The van der Waals surface area contributed by atoms with Crippen LogP contribution in [-0.2, 0) is 51.3 Å². The van der Waals surface area contributed by atoms with Gasteiger partial charge in [0.15, 0.2) is 5.78 Å². The quantitative estimate of drug-likeness (QED) is 0.269. The molecule has 1 heterocycles. The van der Waals surface area contributed by atoms with Gasteiger partial charge < -0.3 is 40.0 Å². The van der Waals surface area contributed by atoms with Crippen LogP contribution in [0.4, 0.5) is 0 Å². The van der Waals surface area contributed by atoms with Crippen LogP contribution in [0.15, 0.2) is 48.2 Å². The third-order valence-electron chi connectivity index (χ3n) is 10.7. The van der Waals surface area contributed by atoms with Gasteiger partial charge in [0, 0.05) is 37.1 Å². The Morgan fingerprint density at radius 1 is 1.12 bits per heavy atom. The van der Waals surface area contributed by atoms with E-state index in [0.29, 0.717) is 36.5 Å². The third kappa shape index (κ3) is 7.83. The Balaban J connectivity index is 0.00000215. The van der Waals surface area contributed by atoms with Crippen molar-refractivity contribution >= 4 is 17.7 Å². The Kier molecular flexibility index (Phi) is 13.7. The molecule has 0 bridgehead atoms. The van der Waals surface area contributed by atoms with Crippen LogP contribution in [0.25, 0.3) is 0 Å². The molecule has 8 atom stereocenters. The zero-order valence-electron chi connectivity index (χ0n) is 25.2. The number of nitrogens with zero attached hydrogens (tertiary/aromatic N) is 1. The summed E-state index contributed by atoms with van der Waals surface area (Å²) in [6.07, 6.45) is 15.6. The second kappa shape index (κ2) is 15.6. The molecule has 10 heteroatoms. The molecule has 3 unspecified atom stereocenters. The van der Waals surface area contributed by atoms with E-state index in [1.54, 1.807) is 6.20 Å². The van der Waals surface area contributed by atoms with Crippen molar-refractivity contribution in [1.29, 1.82) is 0 Å². The number of halogens is 2. The van der Waals surface area contributed by atoms with Gasteiger partial charge in [-0.3, -0.25) is 19.4 Å². The number of hydrogen-bond acceptors (Lipinski definition) is 7. The van der Waals surface area contributed by atoms with E-state index in [4.69, 9.17) is 15.2 Å². The van der Waals surface area contributed by atoms with Crippen LogP contribution in [0.3, 0.4) is 0 Å². The number of carbonyl (C=O) groups is 3. The first-order valence-corrected chi connectivity index (χ1v) is 15.0. The van der Waals surface area contributed by atoms with Crippen LogP contribution in [0.5, 0.6) is 0 Å². The second-order valence-corrected chi connectivity index (χ2v) is 13.0. The molecule has 4 aliphatic rings. The number of rotatable bonds is 8. The van der Waals surface area contributed by atoms with Crippen molar-refractivity contribution in [2.45, 2.75) is 90.7 Å². The third-order valence-corrected chi connectivity index (χ3v) is 10.7. The molecular formula is C33H44Cl2N2O5Pt. The van der Waals surface area contributed by atoms with E-state index in [9.17, 15) is 14.4 Å². The normalized spacial score (nSPS) is 33.3. The molecule has 0 radical (unpaired) electrons.